The van der Waals surface area contributed by atoms with Crippen molar-refractivity contribution in [3.05, 3.63) is 0 Å². The van der Waals surface area contributed by atoms with Crippen molar-refractivity contribution in [1.82, 2.24) is 0 Å². The van der Waals surface area contributed by atoms with Gasteiger partial charge in [0.2, 0.25) is 0 Å². The van der Waals surface area contributed by atoms with Crippen molar-refractivity contribution in [2.24, 2.45) is 0 Å². The zero-order valence-corrected chi connectivity index (χ0v) is 8.77. The molecule has 0 spiro atoms. The van der Waals surface area contributed by atoms with Crippen molar-refractivity contribution in [3.63, 3.8) is 0 Å². The van der Waals surface area contributed by atoms with Crippen LogP contribution in [-0.2, 0) is 19.7 Å². The van der Waals surface area contributed by atoms with Gasteiger partial charge in [0.15, 0.2) is 0 Å². The minimum atomic E-state index is -1.67. The number of hydrogen-bond acceptors (Lipinski definition) is 3. The largest absolute Gasteiger partial charge is 0.305 e. The maximum Gasteiger partial charge on any atom is 0.305 e. The molecule has 13 heavy (non-hydrogen) atoms. The van der Waals surface area contributed by atoms with Gasteiger partial charge < -0.3 is 0 Å². The van der Waals surface area contributed by atoms with Crippen LogP contribution in [-0.4, -0.2) is 17.4 Å². The highest BCUT2D eigenvalue weighted by Crippen LogP contribution is 2.00. The zero-order chi connectivity index (χ0) is 9.94. The molecular formula is C9H16O3S. The van der Waals surface area contributed by atoms with Crippen molar-refractivity contribution in [1.29, 1.82) is 0 Å². The van der Waals surface area contributed by atoms with Crippen molar-refractivity contribution >= 4 is 11.4 Å². The van der Waals surface area contributed by atoms with Crippen LogP contribution in [0.5, 0.6) is 0 Å². The van der Waals surface area contributed by atoms with E-state index in [0.717, 1.165) is 12.8 Å². The molecular weight excluding hydrogens is 188 g/mol. The average molecular weight is 204 g/mol. The molecule has 1 unspecified atom stereocenters. The molecule has 0 heterocycles. The van der Waals surface area contributed by atoms with E-state index in [1.54, 1.807) is 0 Å². The molecule has 0 saturated heterocycles. The first-order valence-electron chi connectivity index (χ1n) is 4.43. The van der Waals surface area contributed by atoms with Crippen molar-refractivity contribution in [3.8, 4) is 12.3 Å². The first-order valence-corrected chi connectivity index (χ1v) is 5.43. The summed E-state index contributed by atoms with van der Waals surface area (Å²) in [5.41, 5.74) is 0. The van der Waals surface area contributed by atoms with E-state index in [2.05, 4.69) is 17.0 Å². The molecule has 0 N–H and O–H groups in total. The summed E-state index contributed by atoms with van der Waals surface area (Å²) in [5.74, 6) is 2.21. The highest BCUT2D eigenvalue weighted by atomic mass is 32.2. The molecule has 0 rings (SSSR count). The van der Waals surface area contributed by atoms with E-state index in [4.69, 9.17) is 10.6 Å². The van der Waals surface area contributed by atoms with Crippen molar-refractivity contribution in [2.45, 2.75) is 32.6 Å². The van der Waals surface area contributed by atoms with Gasteiger partial charge in [0.25, 0.3) is 0 Å². The summed E-state index contributed by atoms with van der Waals surface area (Å²) in [6.07, 6.45) is 9.28. The van der Waals surface area contributed by atoms with Crippen LogP contribution in [0.4, 0.5) is 0 Å². The first-order chi connectivity index (χ1) is 6.31. The number of rotatable bonds is 8. The van der Waals surface area contributed by atoms with Crippen LogP contribution in [0.3, 0.4) is 0 Å². The molecule has 0 saturated carbocycles. The third-order valence-corrected chi connectivity index (χ3v) is 2.09. The molecule has 0 aliphatic heterocycles. The summed E-state index contributed by atoms with van der Waals surface area (Å²) >= 11 is -1.67. The van der Waals surface area contributed by atoms with Crippen molar-refractivity contribution < 1.29 is 12.6 Å². The molecule has 0 aromatic carbocycles. The predicted molar refractivity (Wildman–Crippen MR) is 53.0 cm³/mol. The molecule has 3 nitrogen and oxygen atoms in total. The van der Waals surface area contributed by atoms with Crippen LogP contribution < -0.4 is 0 Å². The molecule has 0 bridgehead atoms. The second-order valence-electron chi connectivity index (χ2n) is 2.55. The second kappa shape index (κ2) is 9.72. The van der Waals surface area contributed by atoms with Gasteiger partial charge in [-0.25, -0.2) is 0 Å². The lowest BCUT2D eigenvalue weighted by Crippen LogP contribution is -2.03. The van der Waals surface area contributed by atoms with E-state index >= 15 is 0 Å². The van der Waals surface area contributed by atoms with E-state index < -0.39 is 11.4 Å². The Balaban J connectivity index is 3.13. The number of terminal acetylenes is 1. The second-order valence-corrected chi connectivity index (χ2v) is 3.43. The summed E-state index contributed by atoms with van der Waals surface area (Å²) in [4.78, 5) is 0. The lowest BCUT2D eigenvalue weighted by molar-refractivity contribution is 0.263. The summed E-state index contributed by atoms with van der Waals surface area (Å²) in [5, 5.41) is 0. The SMILES string of the molecule is C#CCOS(=O)OCCCCCC. The van der Waals surface area contributed by atoms with E-state index in [-0.39, 0.29) is 6.61 Å². The molecule has 76 valence electrons. The average Bonchev–Trinajstić information content (AvgIpc) is 2.14. The van der Waals surface area contributed by atoms with E-state index in [1.165, 1.54) is 12.8 Å². The van der Waals surface area contributed by atoms with Crippen LogP contribution >= 0.6 is 0 Å². The van der Waals surface area contributed by atoms with Crippen LogP contribution in [0.2, 0.25) is 0 Å². The van der Waals surface area contributed by atoms with E-state index in [9.17, 15) is 4.21 Å². The Morgan fingerprint density at radius 1 is 1.31 bits per heavy atom. The fourth-order valence-corrected chi connectivity index (χ4v) is 1.26. The third kappa shape index (κ3) is 9.54. The fraction of sp³-hybridized carbons (Fsp3) is 0.778. The minimum Gasteiger partial charge on any atom is -0.268 e. The monoisotopic (exact) mass is 204 g/mol. The molecule has 0 fully saturated rings. The van der Waals surface area contributed by atoms with Gasteiger partial charge in [0.05, 0.1) is 6.61 Å². The van der Waals surface area contributed by atoms with Gasteiger partial charge in [-0.15, -0.1) is 6.42 Å². The Hall–Kier alpha value is -0.370. The standard InChI is InChI=1S/C9H16O3S/c1-3-5-6-7-9-12-13(10)11-8-4-2/h2H,3,5-9H2,1H3. The molecule has 0 aliphatic carbocycles. The van der Waals surface area contributed by atoms with Gasteiger partial charge >= 0.3 is 11.4 Å². The maximum atomic E-state index is 10.8. The fourth-order valence-electron chi connectivity index (χ4n) is 0.772. The molecule has 4 heteroatoms. The minimum absolute atomic E-state index is 0.0293. The van der Waals surface area contributed by atoms with Gasteiger partial charge in [-0.05, 0) is 6.42 Å². The van der Waals surface area contributed by atoms with Gasteiger partial charge in [-0.2, -0.15) is 4.21 Å². The smallest absolute Gasteiger partial charge is 0.268 e. The lowest BCUT2D eigenvalue weighted by atomic mass is 10.2. The first kappa shape index (κ1) is 12.6. The van der Waals surface area contributed by atoms with E-state index in [1.807, 2.05) is 0 Å². The van der Waals surface area contributed by atoms with E-state index in [0.29, 0.717) is 6.61 Å². The highest BCUT2D eigenvalue weighted by molar-refractivity contribution is 7.75. The molecule has 0 amide bonds. The Bertz CT molecular complexity index is 174. The quantitative estimate of drug-likeness (QED) is 0.447. The summed E-state index contributed by atoms with van der Waals surface area (Å²) in [7, 11) is 0. The third-order valence-electron chi connectivity index (χ3n) is 1.42. The van der Waals surface area contributed by atoms with Gasteiger partial charge in [-0.1, -0.05) is 32.1 Å². The molecule has 0 radical (unpaired) electrons. The van der Waals surface area contributed by atoms with Crippen LogP contribution in [0, 0.1) is 12.3 Å². The normalized spacial score (nSPS) is 12.3. The maximum absolute atomic E-state index is 10.8. The summed E-state index contributed by atoms with van der Waals surface area (Å²) < 4.78 is 20.3. The topological polar surface area (TPSA) is 35.5 Å². The summed E-state index contributed by atoms with van der Waals surface area (Å²) in [6.45, 7) is 2.63. The van der Waals surface area contributed by atoms with Crippen LogP contribution in [0.25, 0.3) is 0 Å². The molecule has 0 aromatic heterocycles. The Kier molecular flexibility index (Phi) is 9.44. The highest BCUT2D eigenvalue weighted by Gasteiger charge is 1.98. The zero-order valence-electron chi connectivity index (χ0n) is 7.95. The number of hydrogen-bond donors (Lipinski definition) is 0. The van der Waals surface area contributed by atoms with Crippen LogP contribution in [0.1, 0.15) is 32.6 Å². The lowest BCUT2D eigenvalue weighted by Gasteiger charge is -2.00. The van der Waals surface area contributed by atoms with Gasteiger partial charge in [0.1, 0.15) is 6.61 Å². The molecule has 0 aromatic rings. The molecule has 0 aliphatic rings. The Morgan fingerprint density at radius 3 is 2.69 bits per heavy atom. The predicted octanol–water partition coefficient (Wildman–Crippen LogP) is 1.81. The molecule has 1 atom stereocenters. The van der Waals surface area contributed by atoms with Crippen LogP contribution in [0.15, 0.2) is 0 Å². The Labute approximate surface area is 82.7 Å². The van der Waals surface area contributed by atoms with Gasteiger partial charge in [-0.3, -0.25) is 8.37 Å². The Morgan fingerprint density at radius 2 is 2.08 bits per heavy atom. The summed E-state index contributed by atoms with van der Waals surface area (Å²) in [6, 6.07) is 0. The van der Waals surface area contributed by atoms with Crippen molar-refractivity contribution in [2.75, 3.05) is 13.2 Å². The number of unbranched alkanes of at least 4 members (excludes halogenated alkanes) is 3. The van der Waals surface area contributed by atoms with Gasteiger partial charge in [0, 0.05) is 0 Å².